The van der Waals surface area contributed by atoms with Gasteiger partial charge in [-0.25, -0.2) is 13.2 Å². The molecule has 1 nitrogen and oxygen atoms in total. The Bertz CT molecular complexity index is 537. The van der Waals surface area contributed by atoms with Gasteiger partial charge in [-0.2, -0.15) is 0 Å². The van der Waals surface area contributed by atoms with Crippen molar-refractivity contribution in [3.63, 3.8) is 0 Å². The first kappa shape index (κ1) is 12.6. The maximum absolute atomic E-state index is 13.1. The van der Waals surface area contributed by atoms with Crippen LogP contribution in [0.1, 0.15) is 17.2 Å². The van der Waals surface area contributed by atoms with Crippen LogP contribution in [0.25, 0.3) is 0 Å². The maximum atomic E-state index is 13.1. The molecule has 0 bridgehead atoms. The molecular weight excluding hydrogens is 239 g/mol. The Labute approximate surface area is 103 Å². The van der Waals surface area contributed by atoms with Crippen molar-refractivity contribution in [2.75, 3.05) is 0 Å². The van der Waals surface area contributed by atoms with Gasteiger partial charge in [-0.1, -0.05) is 18.2 Å². The number of hydrogen-bond donors (Lipinski definition) is 1. The Morgan fingerprint density at radius 2 is 1.56 bits per heavy atom. The van der Waals surface area contributed by atoms with E-state index in [9.17, 15) is 13.2 Å². The molecule has 0 aliphatic rings. The van der Waals surface area contributed by atoms with Crippen molar-refractivity contribution in [1.29, 1.82) is 0 Å². The van der Waals surface area contributed by atoms with Crippen LogP contribution < -0.4 is 5.73 Å². The van der Waals surface area contributed by atoms with Crippen molar-refractivity contribution < 1.29 is 13.2 Å². The highest BCUT2D eigenvalue weighted by Gasteiger charge is 2.10. The van der Waals surface area contributed by atoms with Crippen LogP contribution in [0.5, 0.6) is 0 Å². The second-order valence-corrected chi connectivity index (χ2v) is 4.11. The fraction of sp³-hybridized carbons (Fsp3) is 0.143. The summed E-state index contributed by atoms with van der Waals surface area (Å²) >= 11 is 0. The molecule has 0 spiro atoms. The molecule has 2 aromatic rings. The minimum atomic E-state index is -0.915. The van der Waals surface area contributed by atoms with Gasteiger partial charge >= 0.3 is 0 Å². The summed E-state index contributed by atoms with van der Waals surface area (Å²) < 4.78 is 38.5. The van der Waals surface area contributed by atoms with Crippen LogP contribution in [0.3, 0.4) is 0 Å². The Morgan fingerprint density at radius 1 is 0.889 bits per heavy atom. The smallest absolute Gasteiger partial charge is 0.159 e. The van der Waals surface area contributed by atoms with Gasteiger partial charge in [0.25, 0.3) is 0 Å². The summed E-state index contributed by atoms with van der Waals surface area (Å²) in [5.41, 5.74) is 7.25. The van der Waals surface area contributed by atoms with Crippen LogP contribution in [0.4, 0.5) is 13.2 Å². The van der Waals surface area contributed by atoms with Gasteiger partial charge in [0.2, 0.25) is 0 Å². The molecule has 2 rings (SSSR count). The highest BCUT2D eigenvalue weighted by molar-refractivity contribution is 5.24. The molecule has 2 aromatic carbocycles. The number of benzene rings is 2. The Balaban J connectivity index is 2.13. The third-order valence-electron chi connectivity index (χ3n) is 2.74. The molecule has 0 amide bonds. The van der Waals surface area contributed by atoms with Crippen molar-refractivity contribution in [3.8, 4) is 0 Å². The topological polar surface area (TPSA) is 26.0 Å². The van der Waals surface area contributed by atoms with Gasteiger partial charge in [-0.15, -0.1) is 0 Å². The number of halogens is 3. The summed E-state index contributed by atoms with van der Waals surface area (Å²) in [6.45, 7) is 0. The molecule has 2 N–H and O–H groups in total. The minimum absolute atomic E-state index is 0.319. The molecule has 0 aliphatic carbocycles. The predicted molar refractivity (Wildman–Crippen MR) is 63.4 cm³/mol. The molecule has 1 unspecified atom stereocenters. The monoisotopic (exact) mass is 251 g/mol. The largest absolute Gasteiger partial charge is 0.324 e. The average molecular weight is 251 g/mol. The number of hydrogen-bond acceptors (Lipinski definition) is 1. The maximum Gasteiger partial charge on any atom is 0.159 e. The van der Waals surface area contributed by atoms with Crippen molar-refractivity contribution in [2.45, 2.75) is 12.5 Å². The van der Waals surface area contributed by atoms with Gasteiger partial charge in [0.15, 0.2) is 11.6 Å². The van der Waals surface area contributed by atoms with E-state index >= 15 is 0 Å². The van der Waals surface area contributed by atoms with Crippen molar-refractivity contribution in [3.05, 3.63) is 71.0 Å². The fourth-order valence-corrected chi connectivity index (χ4v) is 1.74. The molecule has 0 heterocycles. The van der Waals surface area contributed by atoms with Crippen molar-refractivity contribution in [2.24, 2.45) is 5.73 Å². The molecular formula is C14H12F3N. The van der Waals surface area contributed by atoms with E-state index in [0.29, 0.717) is 12.0 Å². The first-order valence-electron chi connectivity index (χ1n) is 5.51. The third-order valence-corrected chi connectivity index (χ3v) is 2.74. The molecule has 18 heavy (non-hydrogen) atoms. The van der Waals surface area contributed by atoms with Crippen LogP contribution in [0, 0.1) is 17.5 Å². The third kappa shape index (κ3) is 2.90. The second kappa shape index (κ2) is 5.23. The summed E-state index contributed by atoms with van der Waals surface area (Å²) in [7, 11) is 0. The van der Waals surface area contributed by atoms with Gasteiger partial charge < -0.3 is 5.73 Å². The summed E-state index contributed by atoms with van der Waals surface area (Å²) in [4.78, 5) is 0. The van der Waals surface area contributed by atoms with Gasteiger partial charge in [-0.05, 0) is 41.8 Å². The van der Waals surface area contributed by atoms with E-state index < -0.39 is 17.7 Å². The van der Waals surface area contributed by atoms with E-state index in [1.165, 1.54) is 18.2 Å². The summed E-state index contributed by atoms with van der Waals surface area (Å²) in [6, 6.07) is 9.06. The van der Waals surface area contributed by atoms with Crippen molar-refractivity contribution >= 4 is 0 Å². The second-order valence-electron chi connectivity index (χ2n) is 4.11. The highest BCUT2D eigenvalue weighted by atomic mass is 19.2. The van der Waals surface area contributed by atoms with Crippen LogP contribution >= 0.6 is 0 Å². The van der Waals surface area contributed by atoms with E-state index in [4.69, 9.17) is 5.73 Å². The number of nitrogens with two attached hydrogens (primary N) is 1. The molecule has 0 radical (unpaired) electrons. The van der Waals surface area contributed by atoms with E-state index in [0.717, 1.165) is 17.7 Å². The highest BCUT2D eigenvalue weighted by Crippen LogP contribution is 2.18. The van der Waals surface area contributed by atoms with E-state index in [2.05, 4.69) is 0 Å². The summed E-state index contributed by atoms with van der Waals surface area (Å²) in [5.74, 6) is -2.13. The Hall–Kier alpha value is -1.81. The van der Waals surface area contributed by atoms with E-state index in [-0.39, 0.29) is 5.82 Å². The van der Waals surface area contributed by atoms with Crippen LogP contribution in [-0.4, -0.2) is 0 Å². The van der Waals surface area contributed by atoms with E-state index in [1.54, 1.807) is 12.1 Å². The first-order chi connectivity index (χ1) is 8.56. The molecule has 0 saturated carbocycles. The Kier molecular flexibility index (Phi) is 3.67. The lowest BCUT2D eigenvalue weighted by Crippen LogP contribution is -2.13. The summed E-state index contributed by atoms with van der Waals surface area (Å²) in [5, 5.41) is 0. The molecule has 94 valence electrons. The van der Waals surface area contributed by atoms with Gasteiger partial charge in [-0.3, -0.25) is 0 Å². The van der Waals surface area contributed by atoms with Crippen LogP contribution in [0.15, 0.2) is 42.5 Å². The zero-order valence-corrected chi connectivity index (χ0v) is 9.54. The molecule has 0 aromatic heterocycles. The lowest BCUT2D eigenvalue weighted by atomic mass is 9.99. The minimum Gasteiger partial charge on any atom is -0.324 e. The standard InChI is InChI=1S/C14H12F3N/c15-11-4-1-9(2-5-11)7-14(18)10-3-6-12(16)13(17)8-10/h1-6,8,14H,7,18H2. The first-order valence-corrected chi connectivity index (χ1v) is 5.51. The van der Waals surface area contributed by atoms with E-state index in [1.807, 2.05) is 0 Å². The zero-order chi connectivity index (χ0) is 13.1. The Morgan fingerprint density at radius 3 is 2.17 bits per heavy atom. The quantitative estimate of drug-likeness (QED) is 0.889. The van der Waals surface area contributed by atoms with Gasteiger partial charge in [0.05, 0.1) is 0 Å². The summed E-state index contributed by atoms with van der Waals surface area (Å²) in [6.07, 6.45) is 0.436. The van der Waals surface area contributed by atoms with Gasteiger partial charge in [0.1, 0.15) is 5.82 Å². The van der Waals surface area contributed by atoms with Crippen LogP contribution in [-0.2, 0) is 6.42 Å². The predicted octanol–water partition coefficient (Wildman–Crippen LogP) is 3.35. The number of rotatable bonds is 3. The van der Waals surface area contributed by atoms with Gasteiger partial charge in [0, 0.05) is 6.04 Å². The zero-order valence-electron chi connectivity index (χ0n) is 9.54. The SMILES string of the molecule is NC(Cc1ccc(F)cc1)c1ccc(F)c(F)c1. The molecule has 0 aliphatic heterocycles. The molecule has 4 heteroatoms. The lowest BCUT2D eigenvalue weighted by molar-refractivity contribution is 0.505. The fourth-order valence-electron chi connectivity index (χ4n) is 1.74. The van der Waals surface area contributed by atoms with Crippen LogP contribution in [0.2, 0.25) is 0 Å². The molecule has 0 fully saturated rings. The van der Waals surface area contributed by atoms with Crippen molar-refractivity contribution in [1.82, 2.24) is 0 Å². The molecule has 0 saturated heterocycles. The normalized spacial score (nSPS) is 12.4. The molecule has 1 atom stereocenters. The average Bonchev–Trinajstić information content (AvgIpc) is 2.35. The lowest BCUT2D eigenvalue weighted by Gasteiger charge is -2.12.